The highest BCUT2D eigenvalue weighted by atomic mass is 15.3. The minimum Gasteiger partial charge on any atom is -0.399 e. The number of rotatable bonds is 6. The number of fused-ring (bicyclic) bond motifs is 1. The Kier molecular flexibility index (Phi) is 4.24. The summed E-state index contributed by atoms with van der Waals surface area (Å²) in [6.07, 6.45) is 7.00. The zero-order chi connectivity index (χ0) is 13.0. The van der Waals surface area contributed by atoms with Crippen molar-refractivity contribution in [2.75, 3.05) is 5.73 Å². The number of unbranched alkanes of at least 4 members (excludes halogenated alkanes) is 1. The van der Waals surface area contributed by atoms with Crippen molar-refractivity contribution in [3.63, 3.8) is 0 Å². The average Bonchev–Trinajstić information content (AvgIpc) is 2.77. The van der Waals surface area contributed by atoms with Crippen LogP contribution in [0, 0.1) is 5.92 Å². The molecule has 2 N–H and O–H groups in total. The van der Waals surface area contributed by atoms with Gasteiger partial charge in [-0.25, -0.2) is 0 Å². The van der Waals surface area contributed by atoms with Crippen molar-refractivity contribution in [2.45, 2.75) is 46.1 Å². The van der Waals surface area contributed by atoms with Gasteiger partial charge in [0.15, 0.2) is 0 Å². The lowest BCUT2D eigenvalue weighted by atomic mass is 9.99. The highest BCUT2D eigenvalue weighted by Gasteiger charge is 2.10. The van der Waals surface area contributed by atoms with Crippen molar-refractivity contribution >= 4 is 16.6 Å². The van der Waals surface area contributed by atoms with Gasteiger partial charge in [-0.2, -0.15) is 5.10 Å². The zero-order valence-electron chi connectivity index (χ0n) is 11.4. The largest absolute Gasteiger partial charge is 0.399 e. The molecule has 0 aliphatic rings. The normalized spacial score (nSPS) is 13.0. The van der Waals surface area contributed by atoms with Crippen molar-refractivity contribution in [1.29, 1.82) is 0 Å². The number of nitrogens with two attached hydrogens (primary N) is 1. The van der Waals surface area contributed by atoms with Gasteiger partial charge in [-0.05, 0) is 30.5 Å². The predicted octanol–water partition coefficient (Wildman–Crippen LogP) is 3.83. The Labute approximate surface area is 109 Å². The number of anilines is 1. The molecule has 1 aromatic carbocycles. The fourth-order valence-electron chi connectivity index (χ4n) is 2.39. The molecule has 0 aliphatic carbocycles. The van der Waals surface area contributed by atoms with Crippen molar-refractivity contribution in [3.8, 4) is 0 Å². The van der Waals surface area contributed by atoms with E-state index < -0.39 is 0 Å². The average molecular weight is 245 g/mol. The van der Waals surface area contributed by atoms with Crippen LogP contribution in [0.5, 0.6) is 0 Å². The summed E-state index contributed by atoms with van der Waals surface area (Å²) in [5.74, 6) is 0.717. The van der Waals surface area contributed by atoms with Gasteiger partial charge in [0.25, 0.3) is 0 Å². The molecule has 0 amide bonds. The Morgan fingerprint density at radius 1 is 1.33 bits per heavy atom. The molecule has 0 fully saturated rings. The van der Waals surface area contributed by atoms with Gasteiger partial charge in [0.05, 0.1) is 11.7 Å². The van der Waals surface area contributed by atoms with Gasteiger partial charge in [0.1, 0.15) is 0 Å². The van der Waals surface area contributed by atoms with Crippen molar-refractivity contribution in [3.05, 3.63) is 24.4 Å². The van der Waals surface area contributed by atoms with E-state index in [0.717, 1.165) is 23.7 Å². The predicted molar refractivity (Wildman–Crippen MR) is 77.5 cm³/mol. The molecule has 0 radical (unpaired) electrons. The number of benzene rings is 1. The van der Waals surface area contributed by atoms with E-state index in [1.807, 2.05) is 24.4 Å². The summed E-state index contributed by atoms with van der Waals surface area (Å²) < 4.78 is 2.11. The summed E-state index contributed by atoms with van der Waals surface area (Å²) in [4.78, 5) is 0. The minimum atomic E-state index is 0.717. The van der Waals surface area contributed by atoms with Crippen LogP contribution in [-0.2, 0) is 6.54 Å². The van der Waals surface area contributed by atoms with Crippen molar-refractivity contribution in [1.82, 2.24) is 9.78 Å². The number of nitrogens with zero attached hydrogens (tertiary/aromatic N) is 2. The molecule has 98 valence electrons. The second-order valence-corrected chi connectivity index (χ2v) is 5.06. The van der Waals surface area contributed by atoms with E-state index in [4.69, 9.17) is 5.73 Å². The molecule has 1 atom stereocenters. The summed E-state index contributed by atoms with van der Waals surface area (Å²) in [7, 11) is 0. The summed E-state index contributed by atoms with van der Waals surface area (Å²) >= 11 is 0. The SMILES string of the molecule is CCCCC(CC)Cn1ncc2ccc(N)cc21. The van der Waals surface area contributed by atoms with Gasteiger partial charge < -0.3 is 5.73 Å². The molecule has 18 heavy (non-hydrogen) atoms. The summed E-state index contributed by atoms with van der Waals surface area (Å²) in [6.45, 7) is 5.51. The van der Waals surface area contributed by atoms with Crippen LogP contribution in [0.3, 0.4) is 0 Å². The first-order chi connectivity index (χ1) is 8.74. The van der Waals surface area contributed by atoms with Gasteiger partial charge in [-0.15, -0.1) is 0 Å². The molecule has 2 rings (SSSR count). The van der Waals surface area contributed by atoms with Crippen molar-refractivity contribution in [2.24, 2.45) is 5.92 Å². The van der Waals surface area contributed by atoms with Crippen LogP contribution in [0.2, 0.25) is 0 Å². The van der Waals surface area contributed by atoms with Crippen LogP contribution >= 0.6 is 0 Å². The molecule has 0 bridgehead atoms. The Morgan fingerprint density at radius 3 is 2.89 bits per heavy atom. The first-order valence-corrected chi connectivity index (χ1v) is 6.95. The monoisotopic (exact) mass is 245 g/mol. The van der Waals surface area contributed by atoms with Crippen LogP contribution in [0.1, 0.15) is 39.5 Å². The molecule has 3 heteroatoms. The van der Waals surface area contributed by atoms with E-state index in [0.29, 0.717) is 0 Å². The van der Waals surface area contributed by atoms with E-state index in [9.17, 15) is 0 Å². The molecule has 0 aliphatic heterocycles. The number of nitrogen functional groups attached to an aromatic ring is 1. The van der Waals surface area contributed by atoms with Crippen LogP contribution in [0.4, 0.5) is 5.69 Å². The first-order valence-electron chi connectivity index (χ1n) is 6.95. The molecule has 2 aromatic rings. The lowest BCUT2D eigenvalue weighted by Crippen LogP contribution is -2.11. The van der Waals surface area contributed by atoms with Crippen LogP contribution < -0.4 is 5.73 Å². The van der Waals surface area contributed by atoms with Crippen LogP contribution in [-0.4, -0.2) is 9.78 Å². The fourth-order valence-corrected chi connectivity index (χ4v) is 2.39. The molecule has 0 spiro atoms. The van der Waals surface area contributed by atoms with Gasteiger partial charge in [0.2, 0.25) is 0 Å². The molecule has 3 nitrogen and oxygen atoms in total. The van der Waals surface area contributed by atoms with Crippen molar-refractivity contribution < 1.29 is 0 Å². The van der Waals surface area contributed by atoms with Gasteiger partial charge in [-0.1, -0.05) is 33.1 Å². The lowest BCUT2D eigenvalue weighted by molar-refractivity contribution is 0.378. The maximum atomic E-state index is 5.85. The van der Waals surface area contributed by atoms with Gasteiger partial charge in [0, 0.05) is 17.6 Å². The summed E-state index contributed by atoms with van der Waals surface area (Å²) in [5, 5.41) is 5.67. The quantitative estimate of drug-likeness (QED) is 0.786. The summed E-state index contributed by atoms with van der Waals surface area (Å²) in [6, 6.07) is 6.00. The van der Waals surface area contributed by atoms with Gasteiger partial charge >= 0.3 is 0 Å². The maximum Gasteiger partial charge on any atom is 0.0702 e. The third-order valence-corrected chi connectivity index (χ3v) is 3.64. The Hall–Kier alpha value is -1.51. The van der Waals surface area contributed by atoms with Crippen LogP contribution in [0.25, 0.3) is 10.9 Å². The maximum absolute atomic E-state index is 5.85. The molecular weight excluding hydrogens is 222 g/mol. The minimum absolute atomic E-state index is 0.717. The Bertz CT molecular complexity index is 501. The standard InChI is InChI=1S/C15H23N3/c1-3-5-6-12(4-2)11-18-15-9-14(16)8-7-13(15)10-17-18/h7-10,12H,3-6,11,16H2,1-2H3. The number of hydrogen-bond donors (Lipinski definition) is 1. The molecule has 1 unspecified atom stereocenters. The second kappa shape index (κ2) is 5.89. The first kappa shape index (κ1) is 12.9. The third kappa shape index (κ3) is 2.84. The number of aromatic nitrogens is 2. The van der Waals surface area contributed by atoms with E-state index in [1.165, 1.54) is 31.1 Å². The lowest BCUT2D eigenvalue weighted by Gasteiger charge is -2.15. The molecule has 1 heterocycles. The second-order valence-electron chi connectivity index (χ2n) is 5.06. The van der Waals surface area contributed by atoms with E-state index >= 15 is 0 Å². The molecule has 1 aromatic heterocycles. The highest BCUT2D eigenvalue weighted by molar-refractivity contribution is 5.81. The molecule has 0 saturated carbocycles. The molecular formula is C15H23N3. The van der Waals surface area contributed by atoms with E-state index in [1.54, 1.807) is 0 Å². The Morgan fingerprint density at radius 2 is 2.17 bits per heavy atom. The smallest absolute Gasteiger partial charge is 0.0702 e. The highest BCUT2D eigenvalue weighted by Crippen LogP contribution is 2.21. The van der Waals surface area contributed by atoms with Crippen LogP contribution in [0.15, 0.2) is 24.4 Å². The Balaban J connectivity index is 2.17. The summed E-state index contributed by atoms with van der Waals surface area (Å²) in [5.41, 5.74) is 7.82. The molecule has 0 saturated heterocycles. The van der Waals surface area contributed by atoms with E-state index in [2.05, 4.69) is 23.6 Å². The van der Waals surface area contributed by atoms with E-state index in [-0.39, 0.29) is 0 Å². The third-order valence-electron chi connectivity index (χ3n) is 3.64. The zero-order valence-corrected chi connectivity index (χ0v) is 11.4. The number of hydrogen-bond acceptors (Lipinski definition) is 2. The fraction of sp³-hybridized carbons (Fsp3) is 0.533. The topological polar surface area (TPSA) is 43.8 Å². The van der Waals surface area contributed by atoms with Gasteiger partial charge in [-0.3, -0.25) is 4.68 Å².